The van der Waals surface area contributed by atoms with Crippen molar-refractivity contribution in [1.29, 1.82) is 0 Å². The number of nitrogens with zero attached hydrogens (tertiary/aromatic N) is 2. The van der Waals surface area contributed by atoms with E-state index in [1.165, 1.54) is 31.4 Å². The summed E-state index contributed by atoms with van der Waals surface area (Å²) in [6.07, 6.45) is 10.6. The Bertz CT molecular complexity index is 896. The number of thiazole rings is 1. The number of fused-ring (bicyclic) bond motifs is 7. The van der Waals surface area contributed by atoms with Crippen molar-refractivity contribution in [2.75, 3.05) is 44.7 Å². The molecule has 1 unspecified atom stereocenters. The molecular formula is C27H41N3O2S. The molecule has 4 aliphatic carbocycles. The molecule has 182 valence electrons. The van der Waals surface area contributed by atoms with Crippen LogP contribution in [0.2, 0.25) is 0 Å². The zero-order valence-electron chi connectivity index (χ0n) is 20.5. The number of ether oxygens (including phenoxy) is 1. The smallest absolute Gasteiger partial charge is 0.183 e. The minimum atomic E-state index is -0.00696. The molecule has 0 amide bonds. The van der Waals surface area contributed by atoms with Crippen molar-refractivity contribution in [3.8, 4) is 0 Å². The summed E-state index contributed by atoms with van der Waals surface area (Å²) < 4.78 is 5.46. The third-order valence-electron chi connectivity index (χ3n) is 10.6. The highest BCUT2D eigenvalue weighted by Gasteiger charge is 2.60. The molecule has 33 heavy (non-hydrogen) atoms. The number of carbonyl (C=O) groups is 1. The molecule has 0 spiro atoms. The number of aryl methyl sites for hydroxylation is 1. The molecule has 1 aromatic rings. The molecular weight excluding hydrogens is 430 g/mol. The Morgan fingerprint density at radius 3 is 2.79 bits per heavy atom. The van der Waals surface area contributed by atoms with E-state index in [0.29, 0.717) is 23.0 Å². The maximum absolute atomic E-state index is 12.7. The Balaban J connectivity index is 1.13. The standard InChI is InChI=1S/C27H41N3O2S/c1-26-11-9-22-24(33-25(29-22)28-12-3-13-30-14-16-32-17-15-30)21(26)5-4-18-19-6-7-23(31)27(19,2)10-8-20(18)26/h18-21H,3-17H2,1-2H3,(H,28,29)/t18-,19-,20-,21?,26+,27-/m0/s1. The van der Waals surface area contributed by atoms with Crippen LogP contribution in [0, 0.1) is 28.6 Å². The number of morpholine rings is 1. The first kappa shape index (κ1) is 22.5. The van der Waals surface area contributed by atoms with Crippen molar-refractivity contribution in [3.63, 3.8) is 0 Å². The highest BCUT2D eigenvalue weighted by molar-refractivity contribution is 7.15. The lowest BCUT2D eigenvalue weighted by molar-refractivity contribution is -0.134. The van der Waals surface area contributed by atoms with Crippen molar-refractivity contribution in [1.82, 2.24) is 9.88 Å². The molecule has 5 aliphatic rings. The van der Waals surface area contributed by atoms with Crippen LogP contribution in [0.5, 0.6) is 0 Å². The Kier molecular flexibility index (Phi) is 5.86. The van der Waals surface area contributed by atoms with Crippen LogP contribution in [0.15, 0.2) is 0 Å². The van der Waals surface area contributed by atoms with E-state index in [9.17, 15) is 4.79 Å². The summed E-state index contributed by atoms with van der Waals surface area (Å²) in [5, 5.41) is 4.80. The Hall–Kier alpha value is -0.980. The second-order valence-corrected chi connectivity index (χ2v) is 13.0. The Labute approximate surface area is 203 Å². The summed E-state index contributed by atoms with van der Waals surface area (Å²) in [5.74, 6) is 3.44. The van der Waals surface area contributed by atoms with Gasteiger partial charge in [-0.1, -0.05) is 13.8 Å². The largest absolute Gasteiger partial charge is 0.379 e. The highest BCUT2D eigenvalue weighted by Crippen LogP contribution is 2.67. The zero-order chi connectivity index (χ0) is 22.6. The van der Waals surface area contributed by atoms with Gasteiger partial charge in [0, 0.05) is 42.3 Å². The fourth-order valence-electron chi connectivity index (χ4n) is 8.62. The number of hydrogen-bond donors (Lipinski definition) is 1. The zero-order valence-corrected chi connectivity index (χ0v) is 21.4. The van der Waals surface area contributed by atoms with Gasteiger partial charge in [-0.15, -0.1) is 11.3 Å². The third kappa shape index (κ3) is 3.70. The first-order valence-electron chi connectivity index (χ1n) is 13.6. The number of Topliss-reactive ketones (excluding diaryl/α,β-unsaturated/α-hetero) is 1. The maximum atomic E-state index is 12.7. The summed E-state index contributed by atoms with van der Waals surface area (Å²) in [4.78, 5) is 21.9. The number of hydrogen-bond acceptors (Lipinski definition) is 6. The van der Waals surface area contributed by atoms with E-state index < -0.39 is 0 Å². The Morgan fingerprint density at radius 2 is 1.94 bits per heavy atom. The first-order chi connectivity index (χ1) is 16.0. The van der Waals surface area contributed by atoms with Crippen LogP contribution in [-0.4, -0.2) is 55.1 Å². The van der Waals surface area contributed by atoms with Gasteiger partial charge in [0.15, 0.2) is 5.13 Å². The van der Waals surface area contributed by atoms with Gasteiger partial charge in [0.2, 0.25) is 0 Å². The van der Waals surface area contributed by atoms with Gasteiger partial charge in [0.05, 0.1) is 18.9 Å². The predicted octanol–water partition coefficient (Wildman–Crippen LogP) is 5.12. The number of rotatable bonds is 5. The summed E-state index contributed by atoms with van der Waals surface area (Å²) in [6.45, 7) is 11.0. The molecule has 5 nitrogen and oxygen atoms in total. The van der Waals surface area contributed by atoms with Crippen LogP contribution in [-0.2, 0) is 16.0 Å². The fourth-order valence-corrected chi connectivity index (χ4v) is 9.95. The van der Waals surface area contributed by atoms with Gasteiger partial charge in [-0.25, -0.2) is 4.98 Å². The average molecular weight is 472 g/mol. The van der Waals surface area contributed by atoms with Crippen LogP contribution >= 0.6 is 11.3 Å². The lowest BCUT2D eigenvalue weighted by Gasteiger charge is -2.59. The van der Waals surface area contributed by atoms with E-state index >= 15 is 0 Å². The second-order valence-electron chi connectivity index (χ2n) is 12.0. The van der Waals surface area contributed by atoms with Gasteiger partial charge in [-0.2, -0.15) is 0 Å². The van der Waals surface area contributed by atoms with Gasteiger partial charge in [-0.05, 0) is 81.1 Å². The van der Waals surface area contributed by atoms with E-state index in [-0.39, 0.29) is 5.41 Å². The summed E-state index contributed by atoms with van der Waals surface area (Å²) in [5.41, 5.74) is 1.77. The van der Waals surface area contributed by atoms with E-state index in [0.717, 1.165) is 88.5 Å². The third-order valence-corrected chi connectivity index (χ3v) is 11.7. The molecule has 6 atom stereocenters. The van der Waals surface area contributed by atoms with Gasteiger partial charge in [0.25, 0.3) is 0 Å². The van der Waals surface area contributed by atoms with Gasteiger partial charge >= 0.3 is 0 Å². The number of nitrogens with one attached hydrogen (secondary N) is 1. The van der Waals surface area contributed by atoms with Crippen molar-refractivity contribution in [2.45, 2.75) is 77.6 Å². The number of ketones is 1. The maximum Gasteiger partial charge on any atom is 0.183 e. The molecule has 6 rings (SSSR count). The molecule has 6 heteroatoms. The number of carbonyl (C=O) groups excluding carboxylic acids is 1. The lowest BCUT2D eigenvalue weighted by atomic mass is 9.46. The number of aromatic nitrogens is 1. The monoisotopic (exact) mass is 471 g/mol. The van der Waals surface area contributed by atoms with Crippen LogP contribution in [0.3, 0.4) is 0 Å². The molecule has 0 bridgehead atoms. The molecule has 4 fully saturated rings. The topological polar surface area (TPSA) is 54.5 Å². The molecule has 1 aliphatic heterocycles. The lowest BCUT2D eigenvalue weighted by Crippen LogP contribution is -2.52. The predicted molar refractivity (Wildman–Crippen MR) is 133 cm³/mol. The van der Waals surface area contributed by atoms with Crippen LogP contribution in [0.25, 0.3) is 0 Å². The second kappa shape index (κ2) is 8.60. The summed E-state index contributed by atoms with van der Waals surface area (Å²) in [7, 11) is 0. The quantitative estimate of drug-likeness (QED) is 0.604. The SMILES string of the molecule is C[C@]12CCc3nc(NCCCN4CCOCC4)sc3C1CC[C@@H]1[C@@H]2CC[C@]2(C)C(=O)CC[C@@H]12. The highest BCUT2D eigenvalue weighted by atomic mass is 32.1. The molecule has 0 aromatic carbocycles. The van der Waals surface area contributed by atoms with E-state index in [2.05, 4.69) is 24.1 Å². The molecule has 1 aromatic heterocycles. The minimum absolute atomic E-state index is 0.00696. The van der Waals surface area contributed by atoms with E-state index in [1.54, 1.807) is 4.88 Å². The van der Waals surface area contributed by atoms with Gasteiger partial charge in [0.1, 0.15) is 5.78 Å². The molecule has 2 heterocycles. The summed E-state index contributed by atoms with van der Waals surface area (Å²) >= 11 is 1.95. The normalized spacial score (nSPS) is 40.6. The minimum Gasteiger partial charge on any atom is -0.379 e. The van der Waals surface area contributed by atoms with Crippen LogP contribution < -0.4 is 5.32 Å². The molecule has 0 radical (unpaired) electrons. The van der Waals surface area contributed by atoms with E-state index in [4.69, 9.17) is 9.72 Å². The van der Waals surface area contributed by atoms with Crippen molar-refractivity contribution in [2.24, 2.45) is 28.6 Å². The molecule has 3 saturated carbocycles. The van der Waals surface area contributed by atoms with Gasteiger partial charge < -0.3 is 10.1 Å². The number of anilines is 1. The van der Waals surface area contributed by atoms with Gasteiger partial charge in [-0.3, -0.25) is 9.69 Å². The van der Waals surface area contributed by atoms with E-state index in [1.807, 2.05) is 11.3 Å². The van der Waals surface area contributed by atoms with Crippen molar-refractivity contribution < 1.29 is 9.53 Å². The molecule has 1 N–H and O–H groups in total. The summed E-state index contributed by atoms with van der Waals surface area (Å²) in [6, 6.07) is 0. The first-order valence-corrected chi connectivity index (χ1v) is 14.4. The Morgan fingerprint density at radius 1 is 1.09 bits per heavy atom. The van der Waals surface area contributed by atoms with Crippen molar-refractivity contribution >= 4 is 22.3 Å². The van der Waals surface area contributed by atoms with Crippen molar-refractivity contribution in [3.05, 3.63) is 10.6 Å². The van der Waals surface area contributed by atoms with Crippen LogP contribution in [0.1, 0.15) is 81.7 Å². The fraction of sp³-hybridized carbons (Fsp3) is 0.852. The van der Waals surface area contributed by atoms with Crippen LogP contribution in [0.4, 0.5) is 5.13 Å². The molecule has 1 saturated heterocycles. The average Bonchev–Trinajstić information content (AvgIpc) is 3.37.